The van der Waals surface area contributed by atoms with Gasteiger partial charge in [0.05, 0.1) is 6.04 Å². The molecule has 2 unspecified atom stereocenters. The summed E-state index contributed by atoms with van der Waals surface area (Å²) in [6.45, 7) is 1.99. The van der Waals surface area contributed by atoms with Crippen LogP contribution < -0.4 is 11.1 Å². The highest BCUT2D eigenvalue weighted by atomic mass is 35.5. The molecule has 1 amide bonds. The number of nitrogens with two attached hydrogens (primary N) is 1. The maximum absolute atomic E-state index is 14.0. The van der Waals surface area contributed by atoms with E-state index < -0.39 is 29.6 Å². The molecule has 0 bridgehead atoms. The van der Waals surface area contributed by atoms with Crippen LogP contribution in [0.2, 0.25) is 0 Å². The molecule has 0 heterocycles. The van der Waals surface area contributed by atoms with Gasteiger partial charge in [0.15, 0.2) is 0 Å². The fourth-order valence-electron chi connectivity index (χ4n) is 2.60. The minimum Gasteiger partial charge on any atom is -0.353 e. The molecular formula is C19H25Cl2F2N3O. The minimum atomic E-state index is -0.839. The smallest absolute Gasteiger partial charge is 0.241 e. The number of carbonyl (C=O) groups excluding carboxylic acids is 1. The Morgan fingerprint density at radius 3 is 2.07 bits per heavy atom. The van der Waals surface area contributed by atoms with Crippen molar-refractivity contribution in [1.29, 1.82) is 0 Å². The summed E-state index contributed by atoms with van der Waals surface area (Å²) in [6.07, 6.45) is 0. The van der Waals surface area contributed by atoms with Crippen molar-refractivity contribution in [3.05, 3.63) is 70.8 Å². The third-order valence-corrected chi connectivity index (χ3v) is 4.14. The van der Waals surface area contributed by atoms with Crippen LogP contribution in [0.5, 0.6) is 0 Å². The molecule has 0 aromatic heterocycles. The van der Waals surface area contributed by atoms with Gasteiger partial charge in [-0.3, -0.25) is 4.79 Å². The predicted molar refractivity (Wildman–Crippen MR) is 108 cm³/mol. The van der Waals surface area contributed by atoms with Gasteiger partial charge in [-0.1, -0.05) is 35.9 Å². The SMILES string of the molecule is Cc1ccc(C(N)C(=O)NCC(c2c(F)cccc2F)N(C)C)cc1.Cl.Cl. The lowest BCUT2D eigenvalue weighted by Gasteiger charge is -2.26. The lowest BCUT2D eigenvalue weighted by molar-refractivity contribution is -0.122. The van der Waals surface area contributed by atoms with Crippen LogP contribution in [-0.2, 0) is 4.79 Å². The van der Waals surface area contributed by atoms with Gasteiger partial charge in [-0.2, -0.15) is 0 Å². The highest BCUT2D eigenvalue weighted by Crippen LogP contribution is 2.24. The molecule has 0 aliphatic heterocycles. The van der Waals surface area contributed by atoms with Crippen molar-refractivity contribution in [2.24, 2.45) is 5.73 Å². The number of nitrogens with zero attached hydrogens (tertiary/aromatic N) is 1. The van der Waals surface area contributed by atoms with Gasteiger partial charge in [0.25, 0.3) is 0 Å². The molecule has 0 aliphatic carbocycles. The van der Waals surface area contributed by atoms with Crippen molar-refractivity contribution in [2.45, 2.75) is 19.0 Å². The van der Waals surface area contributed by atoms with E-state index in [9.17, 15) is 13.6 Å². The molecule has 0 fully saturated rings. The van der Waals surface area contributed by atoms with Crippen molar-refractivity contribution in [1.82, 2.24) is 10.2 Å². The third kappa shape index (κ3) is 6.43. The molecule has 4 nitrogen and oxygen atoms in total. The number of aryl methyl sites for hydroxylation is 1. The molecule has 8 heteroatoms. The fourth-order valence-corrected chi connectivity index (χ4v) is 2.60. The van der Waals surface area contributed by atoms with Crippen molar-refractivity contribution < 1.29 is 13.6 Å². The number of nitrogens with one attached hydrogen (secondary N) is 1. The van der Waals surface area contributed by atoms with E-state index in [4.69, 9.17) is 5.73 Å². The second kappa shape index (κ2) is 11.2. The van der Waals surface area contributed by atoms with Crippen molar-refractivity contribution in [3.63, 3.8) is 0 Å². The number of carbonyl (C=O) groups is 1. The van der Waals surface area contributed by atoms with Crippen LogP contribution in [0, 0.1) is 18.6 Å². The average Bonchev–Trinajstić information content (AvgIpc) is 2.56. The normalized spacial score (nSPS) is 12.6. The molecule has 2 aromatic rings. The molecule has 2 aromatic carbocycles. The Hall–Kier alpha value is -1.73. The van der Waals surface area contributed by atoms with Crippen LogP contribution in [0.4, 0.5) is 8.78 Å². The molecule has 0 saturated heterocycles. The van der Waals surface area contributed by atoms with Crippen molar-refractivity contribution in [3.8, 4) is 0 Å². The number of rotatable bonds is 6. The first-order valence-electron chi connectivity index (χ1n) is 8.01. The second-order valence-corrected chi connectivity index (χ2v) is 6.25. The number of halogens is 4. The monoisotopic (exact) mass is 419 g/mol. The summed E-state index contributed by atoms with van der Waals surface area (Å²) in [4.78, 5) is 14.0. The molecule has 0 aliphatic rings. The summed E-state index contributed by atoms with van der Waals surface area (Å²) in [6, 6.07) is 9.57. The molecule has 0 radical (unpaired) electrons. The van der Waals surface area contributed by atoms with Gasteiger partial charge < -0.3 is 16.0 Å². The van der Waals surface area contributed by atoms with Crippen LogP contribution in [0.1, 0.15) is 28.8 Å². The van der Waals surface area contributed by atoms with E-state index in [1.165, 1.54) is 18.2 Å². The van der Waals surface area contributed by atoms with E-state index in [0.29, 0.717) is 5.56 Å². The fraction of sp³-hybridized carbons (Fsp3) is 0.316. The Morgan fingerprint density at radius 2 is 1.59 bits per heavy atom. The van der Waals surface area contributed by atoms with Crippen molar-refractivity contribution in [2.75, 3.05) is 20.6 Å². The first kappa shape index (κ1) is 25.3. The topological polar surface area (TPSA) is 58.4 Å². The maximum atomic E-state index is 14.0. The molecule has 3 N–H and O–H groups in total. The number of benzene rings is 2. The van der Waals surface area contributed by atoms with Gasteiger partial charge in [-0.05, 0) is 38.7 Å². The van der Waals surface area contributed by atoms with Gasteiger partial charge >= 0.3 is 0 Å². The molecule has 27 heavy (non-hydrogen) atoms. The van der Waals surface area contributed by atoms with Crippen LogP contribution in [0.3, 0.4) is 0 Å². The summed E-state index contributed by atoms with van der Waals surface area (Å²) in [7, 11) is 3.39. The number of hydrogen-bond acceptors (Lipinski definition) is 3. The van der Waals surface area contributed by atoms with Crippen molar-refractivity contribution >= 4 is 30.7 Å². The van der Waals surface area contributed by atoms with E-state index in [1.54, 1.807) is 31.1 Å². The predicted octanol–water partition coefficient (Wildman–Crippen LogP) is 3.54. The lowest BCUT2D eigenvalue weighted by atomic mass is 10.0. The van der Waals surface area contributed by atoms with E-state index in [2.05, 4.69) is 5.32 Å². The van der Waals surface area contributed by atoms with E-state index >= 15 is 0 Å². The zero-order chi connectivity index (χ0) is 18.6. The third-order valence-electron chi connectivity index (χ3n) is 4.14. The first-order chi connectivity index (χ1) is 11.8. The van der Waals surface area contributed by atoms with Gasteiger partial charge in [0.1, 0.15) is 17.7 Å². The largest absolute Gasteiger partial charge is 0.353 e. The molecule has 150 valence electrons. The molecule has 2 atom stereocenters. The Balaban J connectivity index is 0.00000338. The quantitative estimate of drug-likeness (QED) is 0.752. The molecule has 2 rings (SSSR count). The summed E-state index contributed by atoms with van der Waals surface area (Å²) in [5.41, 5.74) is 7.65. The first-order valence-corrected chi connectivity index (χ1v) is 8.01. The van der Waals surface area contributed by atoms with Crippen LogP contribution >= 0.6 is 24.8 Å². The molecular weight excluding hydrogens is 395 g/mol. The van der Waals surface area contributed by atoms with E-state index in [-0.39, 0.29) is 36.9 Å². The van der Waals surface area contributed by atoms with E-state index in [1.807, 2.05) is 19.1 Å². The molecule has 0 saturated carbocycles. The van der Waals surface area contributed by atoms with Crippen LogP contribution in [-0.4, -0.2) is 31.4 Å². The summed E-state index contributed by atoms with van der Waals surface area (Å²) in [5, 5.41) is 2.69. The number of likely N-dealkylation sites (N-methyl/N-ethyl adjacent to an activating group) is 1. The van der Waals surface area contributed by atoms with Crippen LogP contribution in [0.25, 0.3) is 0 Å². The summed E-state index contributed by atoms with van der Waals surface area (Å²) < 4.78 is 28.1. The Labute approximate surface area is 170 Å². The Bertz CT molecular complexity index is 722. The summed E-state index contributed by atoms with van der Waals surface area (Å²) >= 11 is 0. The summed E-state index contributed by atoms with van der Waals surface area (Å²) in [5.74, 6) is -1.68. The van der Waals surface area contributed by atoms with Crippen LogP contribution in [0.15, 0.2) is 42.5 Å². The van der Waals surface area contributed by atoms with E-state index in [0.717, 1.165) is 5.56 Å². The van der Waals surface area contributed by atoms with Gasteiger partial charge in [-0.25, -0.2) is 8.78 Å². The zero-order valence-corrected chi connectivity index (χ0v) is 17.0. The minimum absolute atomic E-state index is 0. The number of amides is 1. The highest BCUT2D eigenvalue weighted by Gasteiger charge is 2.24. The highest BCUT2D eigenvalue weighted by molar-refractivity contribution is 5.85. The van der Waals surface area contributed by atoms with Gasteiger partial charge in [0, 0.05) is 12.1 Å². The Kier molecular flexibility index (Phi) is 10.5. The second-order valence-electron chi connectivity index (χ2n) is 6.25. The average molecular weight is 420 g/mol. The zero-order valence-electron chi connectivity index (χ0n) is 15.4. The van der Waals surface area contributed by atoms with Gasteiger partial charge in [-0.15, -0.1) is 24.8 Å². The maximum Gasteiger partial charge on any atom is 0.241 e. The number of hydrogen-bond donors (Lipinski definition) is 2. The Morgan fingerprint density at radius 1 is 1.07 bits per heavy atom. The molecule has 0 spiro atoms. The van der Waals surface area contributed by atoms with Gasteiger partial charge in [0.2, 0.25) is 5.91 Å². The standard InChI is InChI=1S/C19H23F2N3O.2ClH/c1-12-7-9-13(10-8-12)18(22)19(25)23-11-16(24(2)3)17-14(20)5-4-6-15(17)21;;/h4-10,16,18H,11,22H2,1-3H3,(H,23,25);2*1H. The lowest BCUT2D eigenvalue weighted by Crippen LogP contribution is -2.40.